The highest BCUT2D eigenvalue weighted by molar-refractivity contribution is 6.00. The number of fused-ring (bicyclic) bond motifs is 3. The van der Waals surface area contributed by atoms with Crippen LogP contribution in [0.3, 0.4) is 0 Å². The summed E-state index contributed by atoms with van der Waals surface area (Å²) in [5, 5.41) is 0. The van der Waals surface area contributed by atoms with Crippen LogP contribution in [0.25, 0.3) is 5.69 Å². The Morgan fingerprint density at radius 1 is 1.00 bits per heavy atom. The Bertz CT molecular complexity index is 1140. The molecule has 6 heteroatoms. The number of unbranched alkanes of at least 4 members (excludes halogenated alkanes) is 1. The van der Waals surface area contributed by atoms with Gasteiger partial charge in [0.15, 0.2) is 0 Å². The summed E-state index contributed by atoms with van der Waals surface area (Å²) < 4.78 is 15.8. The van der Waals surface area contributed by atoms with Crippen LogP contribution < -0.4 is 4.90 Å². The lowest BCUT2D eigenvalue weighted by Crippen LogP contribution is -2.47. The molecule has 3 aromatic rings. The zero-order valence-corrected chi connectivity index (χ0v) is 19.4. The van der Waals surface area contributed by atoms with Crippen LogP contribution in [0.15, 0.2) is 66.9 Å². The number of nitrogens with zero attached hydrogens (tertiary/aromatic N) is 3. The van der Waals surface area contributed by atoms with Gasteiger partial charge in [-0.1, -0.05) is 51.5 Å². The van der Waals surface area contributed by atoms with Crippen molar-refractivity contribution < 1.29 is 14.0 Å². The molecule has 0 saturated heterocycles. The van der Waals surface area contributed by atoms with Crippen molar-refractivity contribution in [2.24, 2.45) is 5.92 Å². The van der Waals surface area contributed by atoms with E-state index in [1.807, 2.05) is 56.4 Å². The Hall–Kier alpha value is -3.41. The normalized spacial score (nSPS) is 14.7. The zero-order valence-electron chi connectivity index (χ0n) is 19.4. The average molecular weight is 448 g/mol. The molecule has 1 aliphatic rings. The van der Waals surface area contributed by atoms with E-state index in [-0.39, 0.29) is 30.1 Å². The van der Waals surface area contributed by atoms with Gasteiger partial charge in [-0.05, 0) is 48.4 Å². The van der Waals surface area contributed by atoms with Crippen molar-refractivity contribution in [2.75, 3.05) is 18.0 Å². The Kier molecular flexibility index (Phi) is 6.63. The largest absolute Gasteiger partial charge is 0.333 e. The summed E-state index contributed by atoms with van der Waals surface area (Å²) in [6, 6.07) is 17.5. The molecule has 1 aliphatic heterocycles. The van der Waals surface area contributed by atoms with E-state index < -0.39 is 6.04 Å². The molecule has 2 amide bonds. The summed E-state index contributed by atoms with van der Waals surface area (Å²) in [4.78, 5) is 30.2. The maximum atomic E-state index is 13.9. The second kappa shape index (κ2) is 9.61. The fraction of sp³-hybridized carbons (Fsp3) is 0.333. The molecule has 2 aromatic carbocycles. The summed E-state index contributed by atoms with van der Waals surface area (Å²) in [5.41, 5.74) is 3.41. The number of carbonyl (C=O) groups is 2. The maximum Gasteiger partial charge on any atom is 0.247 e. The molecule has 0 N–H and O–H groups in total. The highest BCUT2D eigenvalue weighted by atomic mass is 19.1. The number of para-hydroxylation sites is 2. The molecule has 0 spiro atoms. The molecule has 0 saturated carbocycles. The van der Waals surface area contributed by atoms with Gasteiger partial charge in [0.1, 0.15) is 18.4 Å². The van der Waals surface area contributed by atoms with E-state index in [0.29, 0.717) is 6.54 Å². The van der Waals surface area contributed by atoms with Crippen LogP contribution in [0.5, 0.6) is 0 Å². The topological polar surface area (TPSA) is 45.6 Å². The van der Waals surface area contributed by atoms with Gasteiger partial charge >= 0.3 is 0 Å². The number of benzene rings is 2. The molecule has 2 heterocycles. The number of halogens is 1. The summed E-state index contributed by atoms with van der Waals surface area (Å²) in [6.45, 7) is 6.34. The smallest absolute Gasteiger partial charge is 0.247 e. The Balaban J connectivity index is 1.78. The van der Waals surface area contributed by atoms with Crippen LogP contribution in [-0.2, 0) is 9.59 Å². The zero-order chi connectivity index (χ0) is 23.5. The van der Waals surface area contributed by atoms with Crippen molar-refractivity contribution in [2.45, 2.75) is 39.7 Å². The van der Waals surface area contributed by atoms with Gasteiger partial charge in [0.2, 0.25) is 11.8 Å². The molecule has 33 heavy (non-hydrogen) atoms. The van der Waals surface area contributed by atoms with Crippen LogP contribution in [0.4, 0.5) is 10.1 Å². The quantitative estimate of drug-likeness (QED) is 0.491. The Morgan fingerprint density at radius 3 is 2.36 bits per heavy atom. The molecule has 0 fully saturated rings. The van der Waals surface area contributed by atoms with E-state index in [1.54, 1.807) is 21.9 Å². The molecular formula is C27H30FN3O2. The SMILES string of the molecule is CCCCN(CC(=O)N1c2ccccc2-n2cccc2C1c1ccc(F)cc1)C(=O)C(C)C. The maximum absolute atomic E-state index is 13.9. The highest BCUT2D eigenvalue weighted by Gasteiger charge is 2.37. The minimum absolute atomic E-state index is 0.00372. The van der Waals surface area contributed by atoms with Gasteiger partial charge in [0.05, 0.1) is 17.1 Å². The van der Waals surface area contributed by atoms with Crippen molar-refractivity contribution >= 4 is 17.5 Å². The van der Waals surface area contributed by atoms with Gasteiger partial charge in [0, 0.05) is 18.7 Å². The fourth-order valence-corrected chi connectivity index (χ4v) is 4.44. The second-order valence-corrected chi connectivity index (χ2v) is 8.78. The molecular weight excluding hydrogens is 417 g/mol. The molecule has 0 aliphatic carbocycles. The van der Waals surface area contributed by atoms with Gasteiger partial charge in [-0.2, -0.15) is 0 Å². The molecule has 1 unspecified atom stereocenters. The average Bonchev–Trinajstić information content (AvgIpc) is 3.31. The number of amides is 2. The van der Waals surface area contributed by atoms with E-state index in [1.165, 1.54) is 12.1 Å². The van der Waals surface area contributed by atoms with Crippen LogP contribution in [0.1, 0.15) is 50.9 Å². The lowest BCUT2D eigenvalue weighted by molar-refractivity contribution is -0.138. The fourth-order valence-electron chi connectivity index (χ4n) is 4.44. The standard InChI is InChI=1S/C27H30FN3O2/c1-4-5-16-29(27(33)19(2)3)18-25(32)31-23-10-7-6-9-22(23)30-17-8-11-24(30)26(31)20-12-14-21(28)15-13-20/h6-15,17,19,26H,4-5,16,18H2,1-3H3. The lowest BCUT2D eigenvalue weighted by Gasteiger charge is -2.39. The van der Waals surface area contributed by atoms with Crippen LogP contribution in [0, 0.1) is 11.7 Å². The number of carbonyl (C=O) groups excluding carboxylic acids is 2. The third-order valence-corrected chi connectivity index (χ3v) is 6.09. The number of aromatic nitrogens is 1. The van der Waals surface area contributed by atoms with Gasteiger partial charge in [-0.15, -0.1) is 0 Å². The summed E-state index contributed by atoms with van der Waals surface area (Å²) in [6.07, 6.45) is 3.75. The van der Waals surface area contributed by atoms with Gasteiger partial charge < -0.3 is 9.47 Å². The van der Waals surface area contributed by atoms with Crippen LogP contribution >= 0.6 is 0 Å². The number of hydrogen-bond donors (Lipinski definition) is 0. The van der Waals surface area contributed by atoms with E-state index in [4.69, 9.17) is 0 Å². The first-order valence-corrected chi connectivity index (χ1v) is 11.5. The van der Waals surface area contributed by atoms with E-state index in [2.05, 4.69) is 11.5 Å². The second-order valence-electron chi connectivity index (χ2n) is 8.78. The lowest BCUT2D eigenvalue weighted by atomic mass is 9.97. The molecule has 1 aromatic heterocycles. The van der Waals surface area contributed by atoms with E-state index in [9.17, 15) is 14.0 Å². The third kappa shape index (κ3) is 4.42. The molecule has 172 valence electrons. The first-order valence-electron chi connectivity index (χ1n) is 11.5. The Labute approximate surface area is 194 Å². The summed E-state index contributed by atoms with van der Waals surface area (Å²) >= 11 is 0. The molecule has 5 nitrogen and oxygen atoms in total. The highest BCUT2D eigenvalue weighted by Crippen LogP contribution is 2.42. The predicted molar refractivity (Wildman–Crippen MR) is 128 cm³/mol. The summed E-state index contributed by atoms with van der Waals surface area (Å²) in [5.74, 6) is -0.692. The van der Waals surface area contributed by atoms with Crippen LogP contribution in [-0.4, -0.2) is 34.4 Å². The minimum Gasteiger partial charge on any atom is -0.333 e. The first kappa shape index (κ1) is 22.8. The first-order chi connectivity index (χ1) is 15.9. The Morgan fingerprint density at radius 2 is 1.70 bits per heavy atom. The van der Waals surface area contributed by atoms with Gasteiger partial charge in [0.25, 0.3) is 0 Å². The molecule has 4 rings (SSSR count). The molecule has 0 radical (unpaired) electrons. The number of anilines is 1. The van der Waals surface area contributed by atoms with Gasteiger partial charge in [-0.3, -0.25) is 14.5 Å². The minimum atomic E-state index is -0.426. The van der Waals surface area contributed by atoms with Crippen molar-refractivity contribution in [3.63, 3.8) is 0 Å². The molecule has 1 atom stereocenters. The summed E-state index contributed by atoms with van der Waals surface area (Å²) in [7, 11) is 0. The number of rotatable bonds is 7. The van der Waals surface area contributed by atoms with Gasteiger partial charge in [-0.25, -0.2) is 4.39 Å². The van der Waals surface area contributed by atoms with Crippen LogP contribution in [0.2, 0.25) is 0 Å². The van der Waals surface area contributed by atoms with Crippen molar-refractivity contribution in [1.82, 2.24) is 9.47 Å². The molecule has 0 bridgehead atoms. The van der Waals surface area contributed by atoms with Crippen molar-refractivity contribution in [3.05, 3.63) is 83.9 Å². The van der Waals surface area contributed by atoms with Crippen molar-refractivity contribution in [3.8, 4) is 5.69 Å². The van der Waals surface area contributed by atoms with Crippen molar-refractivity contribution in [1.29, 1.82) is 0 Å². The monoisotopic (exact) mass is 447 g/mol. The number of hydrogen-bond acceptors (Lipinski definition) is 2. The predicted octanol–water partition coefficient (Wildman–Crippen LogP) is 5.34. The van der Waals surface area contributed by atoms with E-state index in [0.717, 1.165) is 35.5 Å². The third-order valence-electron chi connectivity index (χ3n) is 6.09. The van der Waals surface area contributed by atoms with E-state index >= 15 is 0 Å².